The Morgan fingerprint density at radius 2 is 1.92 bits per heavy atom. The van der Waals surface area contributed by atoms with Crippen molar-refractivity contribution in [2.45, 2.75) is 6.54 Å². The molecule has 0 radical (unpaired) electrons. The third-order valence-corrected chi connectivity index (χ3v) is 3.69. The molecule has 0 aliphatic carbocycles. The molecule has 120 valence electrons. The standard InChI is InChI=1S/C19H15NO4/c1-2-12-3-5-13(6-4-12)11-20-14-7-8-15-16(19(22)23)10-18(21)24-17(15)9-14/h2-10,20H,1,11H2,(H,22,23). The fourth-order valence-corrected chi connectivity index (χ4v) is 2.43. The van der Waals surface area contributed by atoms with E-state index in [1.807, 2.05) is 24.3 Å². The molecule has 2 aromatic carbocycles. The monoisotopic (exact) mass is 321 g/mol. The number of hydrogen-bond acceptors (Lipinski definition) is 4. The smallest absolute Gasteiger partial charge is 0.337 e. The van der Waals surface area contributed by atoms with Crippen molar-refractivity contribution in [2.75, 3.05) is 5.32 Å². The predicted molar refractivity (Wildman–Crippen MR) is 93.3 cm³/mol. The summed E-state index contributed by atoms with van der Waals surface area (Å²) in [5.74, 6) is -1.16. The predicted octanol–water partition coefficient (Wildman–Crippen LogP) is 3.75. The molecule has 3 aromatic rings. The molecule has 0 aliphatic heterocycles. The van der Waals surface area contributed by atoms with Crippen molar-refractivity contribution in [1.82, 2.24) is 0 Å². The Labute approximate surface area is 137 Å². The van der Waals surface area contributed by atoms with E-state index in [2.05, 4.69) is 11.9 Å². The first kappa shape index (κ1) is 15.6. The minimum absolute atomic E-state index is 0.0622. The van der Waals surface area contributed by atoms with Gasteiger partial charge in [-0.2, -0.15) is 0 Å². The van der Waals surface area contributed by atoms with Crippen LogP contribution in [0.3, 0.4) is 0 Å². The lowest BCUT2D eigenvalue weighted by Crippen LogP contribution is -2.06. The van der Waals surface area contributed by atoms with Crippen molar-refractivity contribution in [1.29, 1.82) is 0 Å². The number of benzene rings is 2. The number of fused-ring (bicyclic) bond motifs is 1. The van der Waals surface area contributed by atoms with E-state index in [0.717, 1.165) is 22.9 Å². The molecular formula is C19H15NO4. The maximum atomic E-state index is 11.5. The van der Waals surface area contributed by atoms with Gasteiger partial charge < -0.3 is 14.8 Å². The van der Waals surface area contributed by atoms with Crippen LogP contribution >= 0.6 is 0 Å². The molecule has 0 bridgehead atoms. The number of anilines is 1. The average Bonchev–Trinajstić information content (AvgIpc) is 2.59. The van der Waals surface area contributed by atoms with E-state index in [-0.39, 0.29) is 11.1 Å². The van der Waals surface area contributed by atoms with Crippen molar-refractivity contribution >= 4 is 28.7 Å². The first-order valence-electron chi connectivity index (χ1n) is 7.33. The molecule has 0 saturated carbocycles. The Morgan fingerprint density at radius 3 is 2.58 bits per heavy atom. The Kier molecular flexibility index (Phi) is 4.16. The largest absolute Gasteiger partial charge is 0.478 e. The highest BCUT2D eigenvalue weighted by Crippen LogP contribution is 2.22. The molecule has 1 aromatic heterocycles. The van der Waals surface area contributed by atoms with Crippen LogP contribution in [-0.4, -0.2) is 11.1 Å². The quantitative estimate of drug-likeness (QED) is 0.700. The molecule has 0 aliphatic rings. The summed E-state index contributed by atoms with van der Waals surface area (Å²) in [6.45, 7) is 4.31. The number of carboxylic acids is 1. The Hall–Kier alpha value is -3.34. The number of aromatic carboxylic acids is 1. The summed E-state index contributed by atoms with van der Waals surface area (Å²) >= 11 is 0. The van der Waals surface area contributed by atoms with Crippen LogP contribution < -0.4 is 10.9 Å². The summed E-state index contributed by atoms with van der Waals surface area (Å²) in [6, 6.07) is 13.9. The second kappa shape index (κ2) is 6.42. The van der Waals surface area contributed by atoms with Gasteiger partial charge >= 0.3 is 11.6 Å². The van der Waals surface area contributed by atoms with Gasteiger partial charge in [0.25, 0.3) is 0 Å². The molecule has 0 spiro atoms. The van der Waals surface area contributed by atoms with Gasteiger partial charge in [0, 0.05) is 29.8 Å². The summed E-state index contributed by atoms with van der Waals surface area (Å²) in [5.41, 5.74) is 2.37. The fraction of sp³-hybridized carbons (Fsp3) is 0.0526. The van der Waals surface area contributed by atoms with Gasteiger partial charge in [0.1, 0.15) is 5.58 Å². The van der Waals surface area contributed by atoms with Crippen LogP contribution in [0.1, 0.15) is 21.5 Å². The number of carbonyl (C=O) groups is 1. The van der Waals surface area contributed by atoms with E-state index in [0.29, 0.717) is 11.9 Å². The summed E-state index contributed by atoms with van der Waals surface area (Å²) in [7, 11) is 0. The molecule has 0 saturated heterocycles. The minimum Gasteiger partial charge on any atom is -0.478 e. The number of rotatable bonds is 5. The van der Waals surface area contributed by atoms with E-state index in [1.165, 1.54) is 0 Å². The molecule has 0 unspecified atom stereocenters. The maximum absolute atomic E-state index is 11.5. The van der Waals surface area contributed by atoms with Gasteiger partial charge in [-0.15, -0.1) is 0 Å². The fourth-order valence-electron chi connectivity index (χ4n) is 2.43. The normalized spacial score (nSPS) is 10.5. The van der Waals surface area contributed by atoms with E-state index in [4.69, 9.17) is 9.52 Å². The highest BCUT2D eigenvalue weighted by atomic mass is 16.4. The first-order valence-corrected chi connectivity index (χ1v) is 7.33. The Balaban J connectivity index is 1.86. The van der Waals surface area contributed by atoms with Gasteiger partial charge in [0.15, 0.2) is 0 Å². The summed E-state index contributed by atoms with van der Waals surface area (Å²) in [4.78, 5) is 22.7. The van der Waals surface area contributed by atoms with Crippen LogP contribution in [0.4, 0.5) is 5.69 Å². The summed E-state index contributed by atoms with van der Waals surface area (Å²) in [5, 5.41) is 12.8. The zero-order valence-corrected chi connectivity index (χ0v) is 12.8. The second-order valence-electron chi connectivity index (χ2n) is 5.29. The second-order valence-corrected chi connectivity index (χ2v) is 5.29. The molecule has 0 fully saturated rings. The zero-order chi connectivity index (χ0) is 17.1. The lowest BCUT2D eigenvalue weighted by Gasteiger charge is -2.08. The SMILES string of the molecule is C=Cc1ccc(CNc2ccc3c(C(=O)O)cc(=O)oc3c2)cc1. The van der Waals surface area contributed by atoms with E-state index < -0.39 is 11.6 Å². The topological polar surface area (TPSA) is 79.5 Å². The van der Waals surface area contributed by atoms with Crippen molar-refractivity contribution in [3.8, 4) is 0 Å². The van der Waals surface area contributed by atoms with Gasteiger partial charge in [0.05, 0.1) is 5.56 Å². The first-order chi connectivity index (χ1) is 11.6. The minimum atomic E-state index is -1.16. The van der Waals surface area contributed by atoms with Crippen LogP contribution in [0.25, 0.3) is 17.0 Å². The third-order valence-electron chi connectivity index (χ3n) is 3.69. The molecule has 24 heavy (non-hydrogen) atoms. The molecule has 0 atom stereocenters. The van der Waals surface area contributed by atoms with Gasteiger partial charge in [-0.25, -0.2) is 9.59 Å². The van der Waals surface area contributed by atoms with Crippen LogP contribution in [0.5, 0.6) is 0 Å². The summed E-state index contributed by atoms with van der Waals surface area (Å²) < 4.78 is 5.11. The molecule has 5 heteroatoms. The Morgan fingerprint density at radius 1 is 1.17 bits per heavy atom. The van der Waals surface area contributed by atoms with Gasteiger partial charge in [-0.1, -0.05) is 36.9 Å². The molecular weight excluding hydrogens is 306 g/mol. The van der Waals surface area contributed by atoms with Crippen LogP contribution in [-0.2, 0) is 6.54 Å². The van der Waals surface area contributed by atoms with Crippen molar-refractivity contribution < 1.29 is 14.3 Å². The van der Waals surface area contributed by atoms with Crippen LogP contribution in [0.2, 0.25) is 0 Å². The van der Waals surface area contributed by atoms with E-state index >= 15 is 0 Å². The molecule has 2 N–H and O–H groups in total. The van der Waals surface area contributed by atoms with Gasteiger partial charge in [-0.3, -0.25) is 0 Å². The lowest BCUT2D eigenvalue weighted by atomic mass is 10.1. The van der Waals surface area contributed by atoms with Crippen molar-refractivity contribution in [3.63, 3.8) is 0 Å². The third kappa shape index (κ3) is 3.20. The lowest BCUT2D eigenvalue weighted by molar-refractivity contribution is 0.0698. The highest BCUT2D eigenvalue weighted by molar-refractivity contribution is 6.02. The zero-order valence-electron chi connectivity index (χ0n) is 12.8. The van der Waals surface area contributed by atoms with E-state index in [1.54, 1.807) is 24.3 Å². The molecule has 3 rings (SSSR count). The maximum Gasteiger partial charge on any atom is 0.337 e. The van der Waals surface area contributed by atoms with E-state index in [9.17, 15) is 9.59 Å². The molecule has 5 nitrogen and oxygen atoms in total. The van der Waals surface area contributed by atoms with Crippen molar-refractivity contribution in [2.24, 2.45) is 0 Å². The highest BCUT2D eigenvalue weighted by Gasteiger charge is 2.12. The number of carboxylic acid groups (broad SMARTS) is 1. The van der Waals surface area contributed by atoms with Gasteiger partial charge in [-0.05, 0) is 23.3 Å². The molecule has 1 heterocycles. The average molecular weight is 321 g/mol. The van der Waals surface area contributed by atoms with Crippen LogP contribution in [0, 0.1) is 0 Å². The van der Waals surface area contributed by atoms with Crippen molar-refractivity contribution in [3.05, 3.63) is 82.2 Å². The number of hydrogen-bond donors (Lipinski definition) is 2. The molecule has 0 amide bonds. The summed E-state index contributed by atoms with van der Waals surface area (Å²) in [6.07, 6.45) is 1.78. The Bertz CT molecular complexity index is 971. The van der Waals surface area contributed by atoms with Crippen LogP contribution in [0.15, 0.2) is 64.3 Å². The number of nitrogens with one attached hydrogen (secondary N) is 1. The van der Waals surface area contributed by atoms with Gasteiger partial charge in [0.2, 0.25) is 0 Å².